The number of hydrogen-bond donors (Lipinski definition) is 3. The maximum Gasteiger partial charge on any atom is 0.269 e. The molecular formula is C25H25ClN6O3S. The van der Waals surface area contributed by atoms with Gasteiger partial charge in [0.2, 0.25) is 5.95 Å². The number of nitrogens with one attached hydrogen (secondary N) is 3. The van der Waals surface area contributed by atoms with E-state index >= 15 is 0 Å². The number of anilines is 4. The Labute approximate surface area is 214 Å². The van der Waals surface area contributed by atoms with Gasteiger partial charge >= 0.3 is 0 Å². The summed E-state index contributed by atoms with van der Waals surface area (Å²) < 4.78 is 25.7. The Morgan fingerprint density at radius 2 is 1.75 bits per heavy atom. The number of amides is 1. The van der Waals surface area contributed by atoms with Gasteiger partial charge in [-0.05, 0) is 51.1 Å². The van der Waals surface area contributed by atoms with Crippen LogP contribution in [-0.2, 0) is 9.84 Å². The number of benzene rings is 2. The highest BCUT2D eigenvalue weighted by Crippen LogP contribution is 2.32. The number of carbonyl (C=O) groups excluding carboxylic acids is 1. The van der Waals surface area contributed by atoms with Crippen molar-refractivity contribution < 1.29 is 13.2 Å². The van der Waals surface area contributed by atoms with Crippen LogP contribution in [0.15, 0.2) is 59.6 Å². The molecule has 0 fully saturated rings. The van der Waals surface area contributed by atoms with Crippen molar-refractivity contribution in [2.75, 3.05) is 17.7 Å². The Morgan fingerprint density at radius 1 is 1.00 bits per heavy atom. The monoisotopic (exact) mass is 524 g/mol. The van der Waals surface area contributed by atoms with E-state index in [9.17, 15) is 13.2 Å². The van der Waals surface area contributed by atoms with Gasteiger partial charge in [-0.2, -0.15) is 4.98 Å². The van der Waals surface area contributed by atoms with Crippen molar-refractivity contribution in [2.45, 2.75) is 30.9 Å². The molecule has 9 nitrogen and oxygen atoms in total. The number of aromatic nitrogens is 3. The molecule has 0 bridgehead atoms. The molecule has 3 N–H and O–H groups in total. The second-order valence-corrected chi connectivity index (χ2v) is 11.3. The van der Waals surface area contributed by atoms with Gasteiger partial charge in [0.25, 0.3) is 5.91 Å². The van der Waals surface area contributed by atoms with Crippen LogP contribution in [-0.4, -0.2) is 41.6 Å². The summed E-state index contributed by atoms with van der Waals surface area (Å²) in [6, 6.07) is 13.9. The van der Waals surface area contributed by atoms with E-state index in [1.807, 2.05) is 25.1 Å². The van der Waals surface area contributed by atoms with Gasteiger partial charge < -0.3 is 16.0 Å². The van der Waals surface area contributed by atoms with Crippen molar-refractivity contribution in [2.24, 2.45) is 0 Å². The van der Waals surface area contributed by atoms with E-state index in [-0.39, 0.29) is 33.3 Å². The Morgan fingerprint density at radius 3 is 2.47 bits per heavy atom. The predicted octanol–water partition coefficient (Wildman–Crippen LogP) is 5.02. The Bertz CT molecular complexity index is 1570. The van der Waals surface area contributed by atoms with Crippen molar-refractivity contribution in [1.29, 1.82) is 0 Å². The van der Waals surface area contributed by atoms with E-state index < -0.39 is 15.1 Å². The summed E-state index contributed by atoms with van der Waals surface area (Å²) in [5.74, 6) is 0.0903. The molecule has 0 aliphatic carbocycles. The summed E-state index contributed by atoms with van der Waals surface area (Å²) in [4.78, 5) is 25.6. The number of hydrogen-bond acceptors (Lipinski definition) is 8. The first-order chi connectivity index (χ1) is 17.1. The number of pyridine rings is 1. The molecule has 36 heavy (non-hydrogen) atoms. The zero-order chi connectivity index (χ0) is 26.0. The Hall–Kier alpha value is -3.76. The zero-order valence-electron chi connectivity index (χ0n) is 20.1. The van der Waals surface area contributed by atoms with Crippen LogP contribution in [0.2, 0.25) is 5.02 Å². The minimum Gasteiger partial charge on any atom is -0.354 e. The van der Waals surface area contributed by atoms with Crippen LogP contribution in [0, 0.1) is 6.92 Å². The fraction of sp³-hybridized carbons (Fsp3) is 0.200. The molecule has 4 aromatic rings. The van der Waals surface area contributed by atoms with Crippen LogP contribution >= 0.6 is 11.6 Å². The third-order valence-corrected chi connectivity index (χ3v) is 7.97. The standard InChI is InChI=1S/C25H25ClN6O3S/c1-14(2)36(34,35)22-8-6-5-7-19(22)30-23-17(26)13-28-25(32-23)31-20-12-21(24(33)27-4)29-18-10-9-15(3)11-16(18)20/h5-14H,1-4H3,(H,27,33)(H2,28,29,30,31,32). The van der Waals surface area contributed by atoms with Crippen molar-refractivity contribution in [1.82, 2.24) is 20.3 Å². The Kier molecular flexibility index (Phi) is 7.09. The van der Waals surface area contributed by atoms with E-state index in [1.54, 1.807) is 38.1 Å². The van der Waals surface area contributed by atoms with Crippen molar-refractivity contribution in [3.8, 4) is 0 Å². The SMILES string of the molecule is CNC(=O)c1cc(Nc2ncc(Cl)c(Nc3ccccc3S(=O)(=O)C(C)C)n2)c2cc(C)ccc2n1. The predicted molar refractivity (Wildman–Crippen MR) is 142 cm³/mol. The van der Waals surface area contributed by atoms with Gasteiger partial charge in [0.1, 0.15) is 10.7 Å². The fourth-order valence-electron chi connectivity index (χ4n) is 3.52. The molecule has 0 saturated heterocycles. The van der Waals surface area contributed by atoms with Gasteiger partial charge in [0.05, 0.1) is 33.2 Å². The summed E-state index contributed by atoms with van der Waals surface area (Å²) in [7, 11) is -2.02. The molecule has 0 unspecified atom stereocenters. The third kappa shape index (κ3) is 5.09. The fourth-order valence-corrected chi connectivity index (χ4v) is 4.86. The number of fused-ring (bicyclic) bond motifs is 1. The lowest BCUT2D eigenvalue weighted by Gasteiger charge is -2.16. The van der Waals surface area contributed by atoms with Crippen LogP contribution < -0.4 is 16.0 Å². The van der Waals surface area contributed by atoms with Gasteiger partial charge in [-0.1, -0.05) is 35.4 Å². The van der Waals surface area contributed by atoms with Crippen molar-refractivity contribution in [3.63, 3.8) is 0 Å². The van der Waals surface area contributed by atoms with Crippen molar-refractivity contribution in [3.05, 3.63) is 71.0 Å². The second-order valence-electron chi connectivity index (χ2n) is 8.38. The zero-order valence-corrected chi connectivity index (χ0v) is 21.7. The van der Waals surface area contributed by atoms with E-state index in [4.69, 9.17) is 11.6 Å². The van der Waals surface area contributed by atoms with E-state index in [2.05, 4.69) is 30.9 Å². The van der Waals surface area contributed by atoms with Gasteiger partial charge in [0, 0.05) is 12.4 Å². The molecule has 0 aliphatic rings. The number of halogens is 1. The lowest BCUT2D eigenvalue weighted by atomic mass is 10.1. The molecule has 11 heteroatoms. The van der Waals surface area contributed by atoms with Gasteiger partial charge in [-0.25, -0.2) is 18.4 Å². The molecule has 2 aromatic heterocycles. The molecule has 2 aromatic carbocycles. The van der Waals surface area contributed by atoms with Gasteiger partial charge in [0.15, 0.2) is 15.7 Å². The van der Waals surface area contributed by atoms with E-state index in [1.165, 1.54) is 19.3 Å². The van der Waals surface area contributed by atoms with Gasteiger partial charge in [-0.3, -0.25) is 4.79 Å². The van der Waals surface area contributed by atoms with Crippen LogP contribution in [0.5, 0.6) is 0 Å². The summed E-state index contributed by atoms with van der Waals surface area (Å²) in [6.07, 6.45) is 1.41. The van der Waals surface area contributed by atoms with E-state index in [0.717, 1.165) is 10.9 Å². The first-order valence-corrected chi connectivity index (χ1v) is 13.1. The molecular weight excluding hydrogens is 500 g/mol. The largest absolute Gasteiger partial charge is 0.354 e. The lowest BCUT2D eigenvalue weighted by molar-refractivity contribution is 0.0958. The van der Waals surface area contributed by atoms with Crippen LogP contribution in [0.3, 0.4) is 0 Å². The van der Waals surface area contributed by atoms with Crippen LogP contribution in [0.4, 0.5) is 23.1 Å². The third-order valence-electron chi connectivity index (χ3n) is 5.48. The van der Waals surface area contributed by atoms with Crippen molar-refractivity contribution >= 4 is 61.4 Å². The molecule has 186 valence electrons. The first kappa shape index (κ1) is 25.3. The number of para-hydroxylation sites is 1. The summed E-state index contributed by atoms with van der Waals surface area (Å²) in [5, 5.41) is 9.15. The average Bonchev–Trinajstić information content (AvgIpc) is 2.85. The molecule has 0 saturated carbocycles. The summed E-state index contributed by atoms with van der Waals surface area (Å²) >= 11 is 6.35. The maximum absolute atomic E-state index is 12.8. The highest BCUT2D eigenvalue weighted by molar-refractivity contribution is 7.92. The highest BCUT2D eigenvalue weighted by Gasteiger charge is 2.23. The highest BCUT2D eigenvalue weighted by atomic mass is 35.5. The first-order valence-electron chi connectivity index (χ1n) is 11.1. The van der Waals surface area contributed by atoms with Crippen LogP contribution in [0.25, 0.3) is 10.9 Å². The number of rotatable bonds is 7. The molecule has 1 amide bonds. The molecule has 2 heterocycles. The molecule has 0 spiro atoms. The molecule has 0 aliphatic heterocycles. The minimum atomic E-state index is -3.55. The molecule has 4 rings (SSSR count). The van der Waals surface area contributed by atoms with E-state index in [0.29, 0.717) is 16.9 Å². The summed E-state index contributed by atoms with van der Waals surface area (Å²) in [6.45, 7) is 5.21. The molecule has 0 atom stereocenters. The normalized spacial score (nSPS) is 11.5. The number of nitrogens with zero attached hydrogens (tertiary/aromatic N) is 3. The number of carbonyl (C=O) groups is 1. The Balaban J connectivity index is 1.75. The summed E-state index contributed by atoms with van der Waals surface area (Å²) in [5.41, 5.74) is 2.81. The average molecular weight is 525 g/mol. The second kappa shape index (κ2) is 10.1. The topological polar surface area (TPSA) is 126 Å². The maximum atomic E-state index is 12.8. The number of sulfone groups is 1. The molecule has 0 radical (unpaired) electrons. The number of aryl methyl sites for hydroxylation is 1. The van der Waals surface area contributed by atoms with Gasteiger partial charge in [-0.15, -0.1) is 0 Å². The minimum absolute atomic E-state index is 0.148. The lowest BCUT2D eigenvalue weighted by Crippen LogP contribution is -2.19. The quantitative estimate of drug-likeness (QED) is 0.308. The smallest absolute Gasteiger partial charge is 0.269 e. The van der Waals surface area contributed by atoms with Crippen LogP contribution in [0.1, 0.15) is 29.9 Å².